The maximum Gasteiger partial charge on any atom is 0.305 e. The Morgan fingerprint density at radius 2 is 0.964 bits per heavy atom. The molecular weight excluding hydrogens is 344 g/mol. The molecule has 0 aromatic heterocycles. The van der Waals surface area contributed by atoms with Crippen LogP contribution in [-0.4, -0.2) is 12.6 Å². The topological polar surface area (TPSA) is 26.3 Å². The Kier molecular flexibility index (Phi) is 22.3. The molecule has 0 aliphatic rings. The molecule has 0 saturated carbocycles. The zero-order chi connectivity index (χ0) is 20.7. The van der Waals surface area contributed by atoms with Crippen LogP contribution in [0.4, 0.5) is 0 Å². The number of ether oxygens (including phenoxy) is 1. The third-order valence-electron chi connectivity index (χ3n) is 5.90. The van der Waals surface area contributed by atoms with Crippen molar-refractivity contribution in [3.63, 3.8) is 0 Å². The number of carbonyl (C=O) groups is 1. The normalized spacial score (nSPS) is 12.2. The Hall–Kier alpha value is -0.530. The molecule has 0 spiro atoms. The summed E-state index contributed by atoms with van der Waals surface area (Å²) in [5.41, 5.74) is 0. The van der Waals surface area contributed by atoms with Crippen LogP contribution < -0.4 is 0 Å². The summed E-state index contributed by atoms with van der Waals surface area (Å²) < 4.78 is 5.66. The van der Waals surface area contributed by atoms with Crippen LogP contribution in [0.25, 0.3) is 0 Å². The molecule has 0 fully saturated rings. The van der Waals surface area contributed by atoms with E-state index in [0.717, 1.165) is 6.42 Å². The van der Waals surface area contributed by atoms with Gasteiger partial charge >= 0.3 is 5.97 Å². The molecule has 0 bridgehead atoms. The van der Waals surface area contributed by atoms with Crippen LogP contribution in [0.1, 0.15) is 149 Å². The Bertz CT molecular complexity index is 314. The molecule has 0 aliphatic heterocycles. The lowest BCUT2D eigenvalue weighted by Crippen LogP contribution is -2.14. The van der Waals surface area contributed by atoms with Crippen LogP contribution in [0.15, 0.2) is 0 Å². The fraction of sp³-hybridized carbons (Fsp3) is 0.962. The predicted molar refractivity (Wildman–Crippen MR) is 124 cm³/mol. The van der Waals surface area contributed by atoms with Gasteiger partial charge < -0.3 is 4.74 Å². The summed E-state index contributed by atoms with van der Waals surface area (Å²) in [7, 11) is 0. The molecule has 2 nitrogen and oxygen atoms in total. The van der Waals surface area contributed by atoms with Gasteiger partial charge in [-0.05, 0) is 25.2 Å². The number of hydrogen-bond acceptors (Lipinski definition) is 2. The van der Waals surface area contributed by atoms with E-state index in [1.54, 1.807) is 0 Å². The Morgan fingerprint density at radius 3 is 1.46 bits per heavy atom. The molecule has 0 amide bonds. The van der Waals surface area contributed by atoms with Gasteiger partial charge in [-0.3, -0.25) is 4.79 Å². The maximum absolute atomic E-state index is 12.1. The summed E-state index contributed by atoms with van der Waals surface area (Å²) in [5, 5.41) is 0. The molecule has 168 valence electrons. The molecule has 0 aliphatic carbocycles. The first kappa shape index (κ1) is 27.5. The first-order valence-electron chi connectivity index (χ1n) is 12.9. The maximum atomic E-state index is 12.1. The Morgan fingerprint density at radius 1 is 0.571 bits per heavy atom. The van der Waals surface area contributed by atoms with Crippen LogP contribution in [0.5, 0.6) is 0 Å². The smallest absolute Gasteiger partial charge is 0.305 e. The second-order valence-corrected chi connectivity index (χ2v) is 8.83. The minimum Gasteiger partial charge on any atom is -0.465 e. The van der Waals surface area contributed by atoms with E-state index in [2.05, 4.69) is 20.8 Å². The van der Waals surface area contributed by atoms with Crippen molar-refractivity contribution in [3.8, 4) is 0 Å². The Labute approximate surface area is 177 Å². The van der Waals surface area contributed by atoms with Crippen LogP contribution in [0.2, 0.25) is 0 Å². The van der Waals surface area contributed by atoms with Gasteiger partial charge in [0.25, 0.3) is 0 Å². The molecule has 2 heteroatoms. The average Bonchev–Trinajstić information content (AvgIpc) is 2.70. The van der Waals surface area contributed by atoms with Crippen LogP contribution in [0, 0.1) is 5.92 Å². The van der Waals surface area contributed by atoms with E-state index < -0.39 is 0 Å². The molecule has 0 N–H and O–H groups in total. The predicted octanol–water partition coefficient (Wildman–Crippen LogP) is 9.01. The fourth-order valence-corrected chi connectivity index (χ4v) is 3.89. The third-order valence-corrected chi connectivity index (χ3v) is 5.90. The highest BCUT2D eigenvalue weighted by atomic mass is 16.5. The fourth-order valence-electron chi connectivity index (χ4n) is 3.89. The lowest BCUT2D eigenvalue weighted by Gasteiger charge is -2.17. The minimum absolute atomic E-state index is 0.0371. The van der Waals surface area contributed by atoms with Crippen molar-refractivity contribution in [3.05, 3.63) is 0 Å². The van der Waals surface area contributed by atoms with Crippen molar-refractivity contribution >= 4 is 5.97 Å². The zero-order valence-electron chi connectivity index (χ0n) is 19.7. The summed E-state index contributed by atoms with van der Waals surface area (Å²) in [6, 6.07) is 0. The molecule has 28 heavy (non-hydrogen) atoms. The van der Waals surface area contributed by atoms with E-state index in [9.17, 15) is 4.79 Å². The molecule has 0 rings (SSSR count). The Balaban J connectivity index is 3.87. The standard InChI is InChI=1S/C26H52O2/c1-4-7-10-13-15-17-20-23-26(27)28-24-25(21-18-12-9-6-3)22-19-16-14-11-8-5-2/h25H,4-24H2,1-3H3. The van der Waals surface area contributed by atoms with Crippen LogP contribution in [0.3, 0.4) is 0 Å². The van der Waals surface area contributed by atoms with Gasteiger partial charge in [-0.25, -0.2) is 0 Å². The molecule has 0 saturated heterocycles. The highest BCUT2D eigenvalue weighted by molar-refractivity contribution is 5.69. The average molecular weight is 397 g/mol. The molecule has 0 aromatic carbocycles. The molecule has 1 unspecified atom stereocenters. The first-order chi connectivity index (χ1) is 13.7. The van der Waals surface area contributed by atoms with Gasteiger partial charge in [0, 0.05) is 6.42 Å². The molecular formula is C26H52O2. The number of unbranched alkanes of at least 4 members (excludes halogenated alkanes) is 14. The van der Waals surface area contributed by atoms with Gasteiger partial charge in [0.2, 0.25) is 0 Å². The van der Waals surface area contributed by atoms with Gasteiger partial charge in [-0.2, -0.15) is 0 Å². The van der Waals surface area contributed by atoms with Crippen LogP contribution in [-0.2, 0) is 9.53 Å². The quantitative estimate of drug-likeness (QED) is 0.135. The molecule has 1 atom stereocenters. The highest BCUT2D eigenvalue weighted by Gasteiger charge is 2.12. The van der Waals surface area contributed by atoms with E-state index in [1.165, 1.54) is 116 Å². The molecule has 0 radical (unpaired) electrons. The van der Waals surface area contributed by atoms with Crippen molar-refractivity contribution in [2.75, 3.05) is 6.61 Å². The number of carbonyl (C=O) groups excluding carboxylic acids is 1. The van der Waals surface area contributed by atoms with Gasteiger partial charge in [-0.15, -0.1) is 0 Å². The largest absolute Gasteiger partial charge is 0.465 e. The van der Waals surface area contributed by atoms with Gasteiger partial charge in [-0.1, -0.05) is 124 Å². The van der Waals surface area contributed by atoms with Crippen molar-refractivity contribution in [1.29, 1.82) is 0 Å². The van der Waals surface area contributed by atoms with E-state index in [4.69, 9.17) is 4.74 Å². The van der Waals surface area contributed by atoms with E-state index in [1.807, 2.05) is 0 Å². The van der Waals surface area contributed by atoms with E-state index in [0.29, 0.717) is 18.9 Å². The summed E-state index contributed by atoms with van der Waals surface area (Å²) in [4.78, 5) is 12.1. The zero-order valence-corrected chi connectivity index (χ0v) is 19.7. The second kappa shape index (κ2) is 22.8. The van der Waals surface area contributed by atoms with Crippen LogP contribution >= 0.6 is 0 Å². The van der Waals surface area contributed by atoms with Gasteiger partial charge in [0.05, 0.1) is 6.61 Å². The summed E-state index contributed by atoms with van der Waals surface area (Å²) in [6.45, 7) is 7.45. The first-order valence-corrected chi connectivity index (χ1v) is 12.9. The lowest BCUT2D eigenvalue weighted by atomic mass is 9.95. The molecule has 0 heterocycles. The summed E-state index contributed by atoms with van der Waals surface area (Å²) in [6.07, 6.45) is 25.2. The van der Waals surface area contributed by atoms with E-state index >= 15 is 0 Å². The van der Waals surface area contributed by atoms with Crippen molar-refractivity contribution in [2.24, 2.45) is 5.92 Å². The number of hydrogen-bond donors (Lipinski definition) is 0. The van der Waals surface area contributed by atoms with Crippen molar-refractivity contribution in [1.82, 2.24) is 0 Å². The molecule has 0 aromatic rings. The minimum atomic E-state index is 0.0371. The lowest BCUT2D eigenvalue weighted by molar-refractivity contribution is -0.145. The monoisotopic (exact) mass is 396 g/mol. The summed E-state index contributed by atoms with van der Waals surface area (Å²) >= 11 is 0. The number of rotatable bonds is 22. The van der Waals surface area contributed by atoms with Gasteiger partial charge in [0.1, 0.15) is 0 Å². The van der Waals surface area contributed by atoms with E-state index in [-0.39, 0.29) is 5.97 Å². The summed E-state index contributed by atoms with van der Waals surface area (Å²) in [5.74, 6) is 0.621. The highest BCUT2D eigenvalue weighted by Crippen LogP contribution is 2.20. The van der Waals surface area contributed by atoms with Crippen molar-refractivity contribution < 1.29 is 9.53 Å². The second-order valence-electron chi connectivity index (χ2n) is 8.83. The number of esters is 1. The third kappa shape index (κ3) is 20.2. The van der Waals surface area contributed by atoms with Gasteiger partial charge in [0.15, 0.2) is 0 Å². The van der Waals surface area contributed by atoms with Crippen molar-refractivity contribution in [2.45, 2.75) is 149 Å². The SMILES string of the molecule is CCCCCCCCCC(=O)OCC(CCCCCC)CCCCCCCC.